The van der Waals surface area contributed by atoms with E-state index in [2.05, 4.69) is 24.3 Å². The molecule has 23 heteroatoms. The summed E-state index contributed by atoms with van der Waals surface area (Å²) in [5.74, 6) is -9.61. The van der Waals surface area contributed by atoms with Crippen LogP contribution >= 0.6 is 0 Å². The van der Waals surface area contributed by atoms with Crippen LogP contribution in [0.25, 0.3) is 0 Å². The van der Waals surface area contributed by atoms with Crippen LogP contribution in [0.2, 0.25) is 0 Å². The maximum absolute atomic E-state index is 15.5. The van der Waals surface area contributed by atoms with E-state index in [0.29, 0.717) is 12.8 Å². The minimum absolute atomic E-state index is 0. The number of allylic oxidation sites excluding steroid dienone is 8. The average molecular weight is 1290 g/mol. The van der Waals surface area contributed by atoms with Gasteiger partial charge < -0.3 is 72.9 Å². The number of carbonyl (C=O) groups is 8. The summed E-state index contributed by atoms with van der Waals surface area (Å²) >= 11 is 0. The van der Waals surface area contributed by atoms with E-state index in [1.54, 1.807) is 27.7 Å². The molecule has 8 saturated carbocycles. The van der Waals surface area contributed by atoms with Crippen LogP contribution in [0.15, 0.2) is 47.6 Å². The third-order valence-electron chi connectivity index (χ3n) is 26.7. The lowest BCUT2D eigenvalue weighted by molar-refractivity contribution is -0.391. The number of ether oxygens (including phenoxy) is 10. The average Bonchev–Trinajstić information content (AvgIpc) is 1.40. The van der Waals surface area contributed by atoms with Crippen LogP contribution < -0.4 is 0 Å². The van der Waals surface area contributed by atoms with Crippen molar-refractivity contribution >= 4 is 47.4 Å². The van der Waals surface area contributed by atoms with E-state index in [0.717, 1.165) is 30.9 Å². The highest BCUT2D eigenvalue weighted by Gasteiger charge is 2.95. The Morgan fingerprint density at radius 1 is 0.533 bits per heavy atom. The molecule has 14 aliphatic rings. The Morgan fingerprint density at radius 3 is 1.41 bits per heavy atom. The number of rotatable bonds is 9. The Bertz CT molecular complexity index is 3320. The Balaban J connectivity index is 0.000000179. The van der Waals surface area contributed by atoms with Crippen LogP contribution in [-0.2, 0) is 85.7 Å². The molecule has 4 heterocycles. The SMILES string of the molecule is C.CC(=O)OC1C(OC(C)=O)C2(C)C(OC(=O)C(C)C)OCC3(C1O)C2CC(O)C1(C)C3C(=O)C(OC(C)=O)C2(C)C(C3=CCC=C3)CC3OC321.CC(=O)OC1CC(O)C23COC(O)C1(C)C2CC(O)C1(C)C3C(=O)C(OC(C)=O)C2(C)C(C3=CCC=C3)CC3OC321. The Kier molecular flexibility index (Phi) is 15.5. The van der Waals surface area contributed by atoms with Gasteiger partial charge in [0.25, 0.3) is 0 Å². The second-order valence-corrected chi connectivity index (χ2v) is 30.6. The summed E-state index contributed by atoms with van der Waals surface area (Å²) in [6.07, 6.45) is 0.308. The molecule has 10 aliphatic carbocycles. The van der Waals surface area contributed by atoms with Crippen molar-refractivity contribution in [1.29, 1.82) is 0 Å². The minimum atomic E-state index is -1.68. The van der Waals surface area contributed by atoms with Crippen molar-refractivity contribution in [2.24, 2.45) is 84.7 Å². The zero-order valence-corrected chi connectivity index (χ0v) is 54.0. The van der Waals surface area contributed by atoms with Crippen LogP contribution in [0.1, 0.15) is 142 Å². The molecule has 0 aromatic carbocycles. The zero-order chi connectivity index (χ0) is 66.0. The summed E-state index contributed by atoms with van der Waals surface area (Å²) in [6.45, 7) is 19.9. The number of aliphatic hydroxyl groups excluding tert-OH is 5. The Morgan fingerprint density at radius 2 is 0.978 bits per heavy atom. The van der Waals surface area contributed by atoms with E-state index in [9.17, 15) is 54.3 Å². The highest BCUT2D eigenvalue weighted by molar-refractivity contribution is 5.94. The molecule has 92 heavy (non-hydrogen) atoms. The summed E-state index contributed by atoms with van der Waals surface area (Å²) < 4.78 is 60.8. The lowest BCUT2D eigenvalue weighted by atomic mass is 9.33. The van der Waals surface area contributed by atoms with Crippen LogP contribution in [0.5, 0.6) is 0 Å². The van der Waals surface area contributed by atoms with Crippen molar-refractivity contribution in [3.63, 3.8) is 0 Å². The van der Waals surface area contributed by atoms with Gasteiger partial charge in [0.2, 0.25) is 6.29 Å². The fraction of sp³-hybridized carbons (Fsp3) is 0.768. The molecule has 29 unspecified atom stereocenters. The molecule has 4 aliphatic heterocycles. The highest BCUT2D eigenvalue weighted by Crippen LogP contribution is 2.85. The quantitative estimate of drug-likeness (QED) is 0.120. The Labute approximate surface area is 535 Å². The number of hydrogen-bond donors (Lipinski definition) is 5. The number of aliphatic hydroxyl groups is 5. The van der Waals surface area contributed by atoms with Crippen molar-refractivity contribution < 1.29 is 111 Å². The maximum Gasteiger partial charge on any atom is 0.310 e. The monoisotopic (exact) mass is 1290 g/mol. The summed E-state index contributed by atoms with van der Waals surface area (Å²) in [5, 5.41) is 60.7. The third kappa shape index (κ3) is 7.88. The van der Waals surface area contributed by atoms with Crippen LogP contribution in [0, 0.1) is 84.7 Å². The fourth-order valence-electron chi connectivity index (χ4n) is 23.2. The van der Waals surface area contributed by atoms with Gasteiger partial charge in [-0.05, 0) is 80.3 Å². The van der Waals surface area contributed by atoms with Gasteiger partial charge in [0, 0.05) is 74.5 Å². The molecular formula is C69H92O23. The second-order valence-electron chi connectivity index (χ2n) is 30.6. The predicted octanol–water partition coefficient (Wildman–Crippen LogP) is 4.57. The third-order valence-corrected chi connectivity index (χ3v) is 26.7. The number of esters is 6. The second kappa shape index (κ2) is 21.4. The minimum Gasteiger partial charge on any atom is -0.462 e. The van der Waals surface area contributed by atoms with Crippen molar-refractivity contribution in [2.45, 2.75) is 233 Å². The molecule has 0 aromatic heterocycles. The van der Waals surface area contributed by atoms with Crippen LogP contribution in [-0.4, -0.2) is 177 Å². The first-order chi connectivity index (χ1) is 42.6. The number of carbonyl (C=O) groups excluding carboxylic acids is 8. The number of fused-ring (bicyclic) bond motifs is 2. The van der Waals surface area contributed by atoms with Crippen molar-refractivity contribution in [3.05, 3.63) is 47.6 Å². The van der Waals surface area contributed by atoms with E-state index in [1.807, 2.05) is 39.8 Å². The van der Waals surface area contributed by atoms with E-state index in [-0.39, 0.29) is 63.6 Å². The highest BCUT2D eigenvalue weighted by atomic mass is 16.7. The van der Waals surface area contributed by atoms with Gasteiger partial charge in [-0.3, -0.25) is 38.4 Å². The molecule has 0 amide bonds. The smallest absolute Gasteiger partial charge is 0.310 e. The van der Waals surface area contributed by atoms with Crippen LogP contribution in [0.3, 0.4) is 0 Å². The first-order valence-corrected chi connectivity index (χ1v) is 32.4. The molecule has 5 N–H and O–H groups in total. The standard InChI is InChI=1S/C37H48O13.C31H40O10.CH4/c1-16(2)31(44)49-32-33(6)22-14-23(41)35(8)27(36(22,15-45-32)28(43)26(46-17(3)38)30(33)48-19(5)40)25(42)29(47-18(4)39)34(7)21(20-11-9-10-12-20)13-24-37(34,35)50-24;1-14(32)39-21-12-20(35)30-13-38-26(37)27(21,3)18(30)11-19(34)29(5)24(30)23(36)25(40-15(2)33)28(4)17(16-8-6-7-9-16)10-22-31(28,29)41-22;/h9,11-12,16,21-24,26-30,32,41,43H,10,13-15H2,1-8H3;6,8-9,17-22,24-26,34-35,37H,7,10-13H2,1-5H3;1H4. The number of epoxide rings is 2. The molecule has 23 nitrogen and oxygen atoms in total. The largest absolute Gasteiger partial charge is 0.462 e. The lowest BCUT2D eigenvalue weighted by Gasteiger charge is -2.73. The topological polar surface area (TPSA) is 337 Å². The van der Waals surface area contributed by atoms with Gasteiger partial charge in [0.15, 0.2) is 42.3 Å². The maximum atomic E-state index is 15.5. The molecule has 4 saturated heterocycles. The number of Topliss-reactive ketones (excluding diaryl/α,β-unsaturated/α-hetero) is 2. The van der Waals surface area contributed by atoms with Gasteiger partial charge in [0.05, 0.1) is 71.3 Å². The molecule has 2 spiro atoms. The molecule has 0 radical (unpaired) electrons. The summed E-state index contributed by atoms with van der Waals surface area (Å²) in [4.78, 5) is 107. The van der Waals surface area contributed by atoms with E-state index in [4.69, 9.17) is 47.4 Å². The molecular weight excluding hydrogens is 1200 g/mol. The molecule has 29 atom stereocenters. The van der Waals surface area contributed by atoms with Gasteiger partial charge in [-0.1, -0.05) is 92.3 Å². The summed E-state index contributed by atoms with van der Waals surface area (Å²) in [5.41, 5.74) is -10.3. The summed E-state index contributed by atoms with van der Waals surface area (Å²) in [6, 6.07) is 0. The van der Waals surface area contributed by atoms with Gasteiger partial charge >= 0.3 is 35.8 Å². The molecule has 0 aromatic rings. The first kappa shape index (κ1) is 66.8. The predicted molar refractivity (Wildman–Crippen MR) is 318 cm³/mol. The molecule has 14 rings (SSSR count). The normalized spacial score (nSPS) is 51.9. The number of ketones is 2. The lowest BCUT2D eigenvalue weighted by Crippen LogP contribution is -2.84. The van der Waals surface area contributed by atoms with E-state index in [1.165, 1.54) is 27.7 Å². The van der Waals surface area contributed by atoms with Crippen molar-refractivity contribution in [3.8, 4) is 0 Å². The van der Waals surface area contributed by atoms with Crippen LogP contribution in [0.4, 0.5) is 0 Å². The van der Waals surface area contributed by atoms with E-state index >= 15 is 9.59 Å². The van der Waals surface area contributed by atoms with Gasteiger partial charge in [0.1, 0.15) is 23.4 Å². The number of hydrogen-bond acceptors (Lipinski definition) is 23. The molecule has 506 valence electrons. The van der Waals surface area contributed by atoms with Gasteiger partial charge in [-0.15, -0.1) is 0 Å². The van der Waals surface area contributed by atoms with E-state index < -0.39 is 199 Å². The molecule has 4 bridgehead atoms. The summed E-state index contributed by atoms with van der Waals surface area (Å²) in [7, 11) is 0. The van der Waals surface area contributed by atoms with Gasteiger partial charge in [-0.2, -0.15) is 0 Å². The van der Waals surface area contributed by atoms with Crippen molar-refractivity contribution in [1.82, 2.24) is 0 Å². The molecule has 12 fully saturated rings. The first-order valence-electron chi connectivity index (χ1n) is 32.4. The van der Waals surface area contributed by atoms with Gasteiger partial charge in [-0.25, -0.2) is 0 Å². The zero-order valence-electron chi connectivity index (χ0n) is 54.0. The van der Waals surface area contributed by atoms with Crippen molar-refractivity contribution in [2.75, 3.05) is 13.2 Å². The Hall–Kier alpha value is -5.24. The fourth-order valence-corrected chi connectivity index (χ4v) is 23.2.